The molecule has 3 fully saturated rings. The lowest BCUT2D eigenvalue weighted by molar-refractivity contribution is 0.0378. The largest absolute Gasteiger partial charge is 0.497 e. The molecule has 3 nitrogen and oxygen atoms in total. The standard InChI is InChI=1S/C25H31NO2/c1-16-25-19(15-28-16)13-17-5-3-4-6-22(17)23(25)11-9-20-8-7-18-14-21(27-2)10-12-24(18)26-20/h7-12,14,16-17,19,22-23,25H,3-6,13,15H2,1-2H3/b11-9+/t16-,17+,19+,22-,23+,25-/m0/s1. The Hall–Kier alpha value is -1.87. The Kier molecular flexibility index (Phi) is 4.88. The van der Waals surface area contributed by atoms with Crippen LogP contribution in [0.25, 0.3) is 17.0 Å². The smallest absolute Gasteiger partial charge is 0.119 e. The van der Waals surface area contributed by atoms with Crippen LogP contribution in [0, 0.1) is 29.6 Å². The van der Waals surface area contributed by atoms with Crippen LogP contribution in [0.15, 0.2) is 36.4 Å². The number of hydrogen-bond donors (Lipinski definition) is 0. The van der Waals surface area contributed by atoms with Gasteiger partial charge in [0.25, 0.3) is 0 Å². The van der Waals surface area contributed by atoms with Crippen LogP contribution in [0.4, 0.5) is 0 Å². The van der Waals surface area contributed by atoms with Gasteiger partial charge < -0.3 is 9.47 Å². The molecule has 0 bridgehead atoms. The maximum Gasteiger partial charge on any atom is 0.119 e. The molecule has 1 saturated heterocycles. The summed E-state index contributed by atoms with van der Waals surface area (Å²) in [6.07, 6.45) is 12.2. The van der Waals surface area contributed by atoms with Crippen molar-refractivity contribution >= 4 is 17.0 Å². The van der Waals surface area contributed by atoms with Gasteiger partial charge in [0.1, 0.15) is 5.75 Å². The van der Waals surface area contributed by atoms with Gasteiger partial charge in [-0.05, 0) is 79.7 Å². The normalized spacial score (nSPS) is 35.1. The van der Waals surface area contributed by atoms with Crippen LogP contribution in [0.5, 0.6) is 5.75 Å². The fourth-order valence-corrected chi connectivity index (χ4v) is 6.26. The van der Waals surface area contributed by atoms with E-state index in [1.807, 2.05) is 18.2 Å². The van der Waals surface area contributed by atoms with Gasteiger partial charge in [-0.3, -0.25) is 0 Å². The zero-order valence-electron chi connectivity index (χ0n) is 17.0. The minimum Gasteiger partial charge on any atom is -0.497 e. The highest BCUT2D eigenvalue weighted by Crippen LogP contribution is 2.53. The first-order chi connectivity index (χ1) is 13.7. The molecule has 5 rings (SSSR count). The molecule has 6 atom stereocenters. The van der Waals surface area contributed by atoms with Crippen molar-refractivity contribution in [3.63, 3.8) is 0 Å². The molecule has 2 heterocycles. The fraction of sp³-hybridized carbons (Fsp3) is 0.560. The highest BCUT2D eigenvalue weighted by Gasteiger charge is 2.49. The van der Waals surface area contributed by atoms with Gasteiger partial charge in [0, 0.05) is 5.39 Å². The van der Waals surface area contributed by atoms with Gasteiger partial charge in [0.05, 0.1) is 31.0 Å². The van der Waals surface area contributed by atoms with Crippen molar-refractivity contribution in [2.75, 3.05) is 13.7 Å². The van der Waals surface area contributed by atoms with Crippen molar-refractivity contribution in [3.05, 3.63) is 42.1 Å². The molecule has 0 amide bonds. The van der Waals surface area contributed by atoms with Gasteiger partial charge in [-0.25, -0.2) is 4.98 Å². The van der Waals surface area contributed by atoms with Crippen LogP contribution in [0.3, 0.4) is 0 Å². The Balaban J connectivity index is 1.43. The second kappa shape index (κ2) is 7.51. The average Bonchev–Trinajstić information content (AvgIpc) is 3.11. The lowest BCUT2D eigenvalue weighted by Crippen LogP contribution is -2.42. The maximum absolute atomic E-state index is 6.11. The maximum atomic E-state index is 6.11. The molecule has 0 unspecified atom stereocenters. The minimum absolute atomic E-state index is 0.388. The van der Waals surface area contributed by atoms with Gasteiger partial charge in [0.2, 0.25) is 0 Å². The van der Waals surface area contributed by atoms with Crippen LogP contribution in [-0.4, -0.2) is 24.8 Å². The summed E-state index contributed by atoms with van der Waals surface area (Å²) >= 11 is 0. The van der Waals surface area contributed by atoms with E-state index in [0.29, 0.717) is 17.9 Å². The number of pyridine rings is 1. The van der Waals surface area contributed by atoms with E-state index in [4.69, 9.17) is 14.5 Å². The molecule has 3 aliphatic rings. The Morgan fingerprint density at radius 1 is 1.11 bits per heavy atom. The molecule has 0 N–H and O–H groups in total. The predicted octanol–water partition coefficient (Wildman–Crippen LogP) is 5.73. The summed E-state index contributed by atoms with van der Waals surface area (Å²) in [4.78, 5) is 4.87. The number of ether oxygens (including phenoxy) is 2. The monoisotopic (exact) mass is 377 g/mol. The molecule has 2 aliphatic carbocycles. The van der Waals surface area contributed by atoms with Crippen LogP contribution in [0.2, 0.25) is 0 Å². The third kappa shape index (κ3) is 3.24. The lowest BCUT2D eigenvalue weighted by Gasteiger charge is -2.46. The van der Waals surface area contributed by atoms with Gasteiger partial charge >= 0.3 is 0 Å². The number of fused-ring (bicyclic) bond motifs is 3. The van der Waals surface area contributed by atoms with E-state index in [2.05, 4.69) is 31.2 Å². The molecule has 28 heavy (non-hydrogen) atoms. The Bertz CT molecular complexity index is 874. The van der Waals surface area contributed by atoms with E-state index < -0.39 is 0 Å². The number of rotatable bonds is 3. The minimum atomic E-state index is 0.388. The molecule has 3 heteroatoms. The van der Waals surface area contributed by atoms with E-state index >= 15 is 0 Å². The van der Waals surface area contributed by atoms with Crippen molar-refractivity contribution in [2.45, 2.75) is 45.1 Å². The third-order valence-electron chi connectivity index (χ3n) is 7.58. The van der Waals surface area contributed by atoms with Crippen molar-refractivity contribution in [2.24, 2.45) is 29.6 Å². The van der Waals surface area contributed by atoms with Gasteiger partial charge in [-0.1, -0.05) is 31.4 Å². The molecule has 1 aliphatic heterocycles. The quantitative estimate of drug-likeness (QED) is 0.684. The van der Waals surface area contributed by atoms with Crippen LogP contribution < -0.4 is 4.74 Å². The number of allylic oxidation sites excluding steroid dienone is 1. The van der Waals surface area contributed by atoms with Gasteiger partial charge in [-0.15, -0.1) is 0 Å². The van der Waals surface area contributed by atoms with Crippen molar-refractivity contribution in [1.82, 2.24) is 4.98 Å². The van der Waals surface area contributed by atoms with E-state index in [1.165, 1.54) is 32.1 Å². The zero-order valence-corrected chi connectivity index (χ0v) is 17.0. The lowest BCUT2D eigenvalue weighted by atomic mass is 9.57. The van der Waals surface area contributed by atoms with Gasteiger partial charge in [-0.2, -0.15) is 0 Å². The molecular weight excluding hydrogens is 346 g/mol. The molecule has 2 aromatic rings. The highest BCUT2D eigenvalue weighted by atomic mass is 16.5. The second-order valence-corrected chi connectivity index (χ2v) is 9.05. The summed E-state index contributed by atoms with van der Waals surface area (Å²) < 4.78 is 11.4. The summed E-state index contributed by atoms with van der Waals surface area (Å²) in [5.74, 6) is 4.68. The molecule has 2 saturated carbocycles. The summed E-state index contributed by atoms with van der Waals surface area (Å²) in [7, 11) is 1.70. The third-order valence-corrected chi connectivity index (χ3v) is 7.58. The number of nitrogens with zero attached hydrogens (tertiary/aromatic N) is 1. The van der Waals surface area contributed by atoms with E-state index in [-0.39, 0.29) is 0 Å². The number of hydrogen-bond acceptors (Lipinski definition) is 3. The molecule has 148 valence electrons. The first kappa shape index (κ1) is 18.2. The molecule has 1 aromatic carbocycles. The van der Waals surface area contributed by atoms with Crippen molar-refractivity contribution in [3.8, 4) is 5.75 Å². The van der Waals surface area contributed by atoms with Crippen molar-refractivity contribution < 1.29 is 9.47 Å². The first-order valence-electron chi connectivity index (χ1n) is 11.0. The summed E-state index contributed by atoms with van der Waals surface area (Å²) in [6.45, 7) is 3.26. The van der Waals surface area contributed by atoms with E-state index in [9.17, 15) is 0 Å². The highest BCUT2D eigenvalue weighted by molar-refractivity contribution is 5.81. The van der Waals surface area contributed by atoms with Gasteiger partial charge in [0.15, 0.2) is 0 Å². The molecule has 1 aromatic heterocycles. The SMILES string of the molecule is COc1ccc2nc(/C=C/[C@@H]3[C@H]4CCCC[C@@H]4C[C@@H]4CO[C@@H](C)[C@@H]43)ccc2c1. The number of aromatic nitrogens is 1. The molecular formula is C25H31NO2. The van der Waals surface area contributed by atoms with E-state index in [0.717, 1.165) is 46.7 Å². The Labute approximate surface area is 168 Å². The fourth-order valence-electron chi connectivity index (χ4n) is 6.26. The van der Waals surface area contributed by atoms with Crippen LogP contribution >= 0.6 is 0 Å². The van der Waals surface area contributed by atoms with Crippen LogP contribution in [0.1, 0.15) is 44.7 Å². The Morgan fingerprint density at radius 3 is 2.89 bits per heavy atom. The zero-order chi connectivity index (χ0) is 19.1. The van der Waals surface area contributed by atoms with E-state index in [1.54, 1.807) is 7.11 Å². The summed E-state index contributed by atoms with van der Waals surface area (Å²) in [5, 5.41) is 1.12. The summed E-state index contributed by atoms with van der Waals surface area (Å²) in [6, 6.07) is 10.4. The predicted molar refractivity (Wildman–Crippen MR) is 113 cm³/mol. The molecule has 0 radical (unpaired) electrons. The summed E-state index contributed by atoms with van der Waals surface area (Å²) in [5.41, 5.74) is 2.08. The number of methoxy groups -OCH3 is 1. The first-order valence-corrected chi connectivity index (χ1v) is 11.0. The molecule has 0 spiro atoms. The van der Waals surface area contributed by atoms with Crippen LogP contribution in [-0.2, 0) is 4.74 Å². The topological polar surface area (TPSA) is 31.4 Å². The van der Waals surface area contributed by atoms with Crippen molar-refractivity contribution in [1.29, 1.82) is 0 Å². The number of benzene rings is 1. The second-order valence-electron chi connectivity index (χ2n) is 9.05. The average molecular weight is 378 g/mol. The Morgan fingerprint density at radius 2 is 2.00 bits per heavy atom.